The Balaban J connectivity index is 2.46. The largest absolute Gasteiger partial charge is 0.379 e. The molecule has 1 heterocycles. The lowest BCUT2D eigenvalue weighted by Crippen LogP contribution is -2.46. The molecule has 3 heteroatoms. The Bertz CT molecular complexity index is 493. The van der Waals surface area contributed by atoms with Crippen molar-refractivity contribution in [3.8, 4) is 0 Å². The van der Waals surface area contributed by atoms with E-state index in [0.717, 1.165) is 24.1 Å². The molecule has 0 aromatic heterocycles. The van der Waals surface area contributed by atoms with Gasteiger partial charge in [-0.3, -0.25) is 4.79 Å². The third-order valence-electron chi connectivity index (χ3n) is 3.63. The highest BCUT2D eigenvalue weighted by Gasteiger charge is 2.30. The second kappa shape index (κ2) is 4.84. The minimum atomic E-state index is -0.0762. The first-order chi connectivity index (χ1) is 8.58. The van der Waals surface area contributed by atoms with Crippen LogP contribution in [0.5, 0.6) is 0 Å². The zero-order valence-electron chi connectivity index (χ0n) is 11.2. The predicted octanol–water partition coefficient (Wildman–Crippen LogP) is 2.09. The first-order valence-corrected chi connectivity index (χ1v) is 6.38. The molecular formula is C15H20N2O. The number of benzene rings is 1. The zero-order valence-corrected chi connectivity index (χ0v) is 11.2. The van der Waals surface area contributed by atoms with Crippen LogP contribution in [0.1, 0.15) is 31.4 Å². The third-order valence-corrected chi connectivity index (χ3v) is 3.63. The van der Waals surface area contributed by atoms with E-state index in [9.17, 15) is 4.79 Å². The van der Waals surface area contributed by atoms with Crippen LogP contribution in [0.15, 0.2) is 30.3 Å². The van der Waals surface area contributed by atoms with Gasteiger partial charge >= 0.3 is 0 Å². The highest BCUT2D eigenvalue weighted by Crippen LogP contribution is 2.31. The Hall–Kier alpha value is -1.77. The number of rotatable bonds is 2. The number of amides is 1. The second-order valence-electron chi connectivity index (χ2n) is 5.05. The van der Waals surface area contributed by atoms with Crippen LogP contribution in [0.2, 0.25) is 0 Å². The molecule has 0 fully saturated rings. The summed E-state index contributed by atoms with van der Waals surface area (Å²) in [5.74, 6) is -0.0762. The van der Waals surface area contributed by atoms with E-state index in [1.807, 2.05) is 6.07 Å². The van der Waals surface area contributed by atoms with Gasteiger partial charge in [0.2, 0.25) is 5.91 Å². The number of likely N-dealkylation sites (N-methyl/N-ethyl adjacent to an activating group) is 1. The van der Waals surface area contributed by atoms with E-state index in [2.05, 4.69) is 42.7 Å². The SMILES string of the molecule is CC[C@]1(C)Cc2ccccc2/C(=C/C(=O)NC)N1. The molecule has 0 saturated heterocycles. The summed E-state index contributed by atoms with van der Waals surface area (Å²) in [5, 5.41) is 6.13. The summed E-state index contributed by atoms with van der Waals surface area (Å²) in [6.07, 6.45) is 3.66. The van der Waals surface area contributed by atoms with E-state index in [1.54, 1.807) is 13.1 Å². The Morgan fingerprint density at radius 2 is 2.22 bits per heavy atom. The van der Waals surface area contributed by atoms with Crippen molar-refractivity contribution in [1.29, 1.82) is 0 Å². The van der Waals surface area contributed by atoms with Gasteiger partial charge in [0.1, 0.15) is 0 Å². The van der Waals surface area contributed by atoms with Gasteiger partial charge in [-0.25, -0.2) is 0 Å². The molecule has 1 aromatic carbocycles. The standard InChI is InChI=1S/C15H20N2O/c1-4-15(2)10-11-7-5-6-8-12(11)13(17-15)9-14(18)16-3/h5-9,17H,4,10H2,1-3H3,(H,16,18)/b13-9-/t15-/m1/s1. The summed E-state index contributed by atoms with van der Waals surface area (Å²) < 4.78 is 0. The lowest BCUT2D eigenvalue weighted by atomic mass is 9.83. The fourth-order valence-electron chi connectivity index (χ4n) is 2.32. The number of hydrogen-bond donors (Lipinski definition) is 2. The molecule has 1 amide bonds. The first kappa shape index (κ1) is 12.7. The highest BCUT2D eigenvalue weighted by molar-refractivity contribution is 5.95. The smallest absolute Gasteiger partial charge is 0.245 e. The second-order valence-corrected chi connectivity index (χ2v) is 5.05. The number of carbonyl (C=O) groups is 1. The topological polar surface area (TPSA) is 41.1 Å². The zero-order chi connectivity index (χ0) is 13.2. The molecule has 1 aliphatic rings. The summed E-state index contributed by atoms with van der Waals surface area (Å²) in [6, 6.07) is 8.26. The number of fused-ring (bicyclic) bond motifs is 1. The van der Waals surface area contributed by atoms with Crippen molar-refractivity contribution in [2.24, 2.45) is 0 Å². The van der Waals surface area contributed by atoms with Crippen molar-refractivity contribution in [1.82, 2.24) is 10.6 Å². The Labute approximate surface area is 108 Å². The van der Waals surface area contributed by atoms with Crippen LogP contribution < -0.4 is 10.6 Å². The van der Waals surface area contributed by atoms with Crippen LogP contribution in [0.4, 0.5) is 0 Å². The van der Waals surface area contributed by atoms with Gasteiger partial charge in [-0.05, 0) is 25.3 Å². The number of hydrogen-bond acceptors (Lipinski definition) is 2. The summed E-state index contributed by atoms with van der Waals surface area (Å²) in [7, 11) is 1.65. The maximum atomic E-state index is 11.6. The Morgan fingerprint density at radius 1 is 1.50 bits per heavy atom. The molecule has 0 radical (unpaired) electrons. The van der Waals surface area contributed by atoms with Crippen molar-refractivity contribution in [3.05, 3.63) is 41.5 Å². The summed E-state index contributed by atoms with van der Waals surface area (Å²) in [6.45, 7) is 4.36. The molecule has 0 bridgehead atoms. The summed E-state index contributed by atoms with van der Waals surface area (Å²) >= 11 is 0. The lowest BCUT2D eigenvalue weighted by molar-refractivity contribution is -0.116. The van der Waals surface area contributed by atoms with Crippen molar-refractivity contribution in [2.45, 2.75) is 32.2 Å². The number of carbonyl (C=O) groups excluding carboxylic acids is 1. The summed E-state index contributed by atoms with van der Waals surface area (Å²) in [4.78, 5) is 11.6. The summed E-state index contributed by atoms with van der Waals surface area (Å²) in [5.41, 5.74) is 3.37. The minimum Gasteiger partial charge on any atom is -0.379 e. The normalized spacial score (nSPS) is 24.3. The molecule has 1 aromatic rings. The van der Waals surface area contributed by atoms with E-state index in [4.69, 9.17) is 0 Å². The van der Waals surface area contributed by atoms with E-state index >= 15 is 0 Å². The molecule has 0 spiro atoms. The molecule has 96 valence electrons. The van der Waals surface area contributed by atoms with Crippen LogP contribution >= 0.6 is 0 Å². The maximum absolute atomic E-state index is 11.6. The fourth-order valence-corrected chi connectivity index (χ4v) is 2.32. The van der Waals surface area contributed by atoms with E-state index in [0.29, 0.717) is 0 Å². The van der Waals surface area contributed by atoms with E-state index < -0.39 is 0 Å². The molecule has 2 N–H and O–H groups in total. The average Bonchev–Trinajstić information content (AvgIpc) is 2.38. The fraction of sp³-hybridized carbons (Fsp3) is 0.400. The Morgan fingerprint density at radius 3 is 2.89 bits per heavy atom. The molecular weight excluding hydrogens is 224 g/mol. The predicted molar refractivity (Wildman–Crippen MR) is 74.0 cm³/mol. The van der Waals surface area contributed by atoms with Gasteiger partial charge in [0.25, 0.3) is 0 Å². The molecule has 3 nitrogen and oxygen atoms in total. The molecule has 0 unspecified atom stereocenters. The van der Waals surface area contributed by atoms with Crippen molar-refractivity contribution < 1.29 is 4.79 Å². The van der Waals surface area contributed by atoms with Gasteiger partial charge in [-0.1, -0.05) is 31.2 Å². The Kier molecular flexibility index (Phi) is 3.41. The molecule has 2 rings (SSSR count). The van der Waals surface area contributed by atoms with Gasteiger partial charge in [0.15, 0.2) is 0 Å². The number of nitrogens with one attached hydrogen (secondary N) is 2. The van der Waals surface area contributed by atoms with Gasteiger partial charge in [0.05, 0.1) is 0 Å². The van der Waals surface area contributed by atoms with Crippen LogP contribution in [-0.4, -0.2) is 18.5 Å². The van der Waals surface area contributed by atoms with Gasteiger partial charge in [-0.15, -0.1) is 0 Å². The van der Waals surface area contributed by atoms with Gasteiger partial charge in [0, 0.05) is 29.9 Å². The average molecular weight is 244 g/mol. The van der Waals surface area contributed by atoms with Gasteiger partial charge < -0.3 is 10.6 Å². The quantitative estimate of drug-likeness (QED) is 0.782. The lowest BCUT2D eigenvalue weighted by Gasteiger charge is -2.38. The van der Waals surface area contributed by atoms with Crippen molar-refractivity contribution in [2.75, 3.05) is 7.05 Å². The van der Waals surface area contributed by atoms with Crippen LogP contribution in [0.25, 0.3) is 5.70 Å². The maximum Gasteiger partial charge on any atom is 0.245 e. The highest BCUT2D eigenvalue weighted by atomic mass is 16.1. The third kappa shape index (κ3) is 2.40. The van der Waals surface area contributed by atoms with Crippen LogP contribution in [-0.2, 0) is 11.2 Å². The van der Waals surface area contributed by atoms with Crippen molar-refractivity contribution in [3.63, 3.8) is 0 Å². The molecule has 0 saturated carbocycles. The first-order valence-electron chi connectivity index (χ1n) is 6.38. The molecule has 1 aliphatic heterocycles. The monoisotopic (exact) mass is 244 g/mol. The van der Waals surface area contributed by atoms with Gasteiger partial charge in [-0.2, -0.15) is 0 Å². The van der Waals surface area contributed by atoms with E-state index in [-0.39, 0.29) is 11.4 Å². The molecule has 1 atom stereocenters. The van der Waals surface area contributed by atoms with Crippen LogP contribution in [0.3, 0.4) is 0 Å². The van der Waals surface area contributed by atoms with E-state index in [1.165, 1.54) is 5.56 Å². The van der Waals surface area contributed by atoms with Crippen LogP contribution in [0, 0.1) is 0 Å². The minimum absolute atomic E-state index is 0.0220. The molecule has 18 heavy (non-hydrogen) atoms. The van der Waals surface area contributed by atoms with Crippen molar-refractivity contribution >= 4 is 11.6 Å². The molecule has 0 aliphatic carbocycles.